The van der Waals surface area contributed by atoms with Crippen LogP contribution in [0.1, 0.15) is 41.7 Å². The van der Waals surface area contributed by atoms with E-state index in [0.29, 0.717) is 5.56 Å². The van der Waals surface area contributed by atoms with Crippen LogP contribution < -0.4 is 5.32 Å². The summed E-state index contributed by atoms with van der Waals surface area (Å²) in [5.74, 6) is -0.0417. The zero-order valence-corrected chi connectivity index (χ0v) is 14.6. The molecule has 2 aromatic rings. The van der Waals surface area contributed by atoms with Gasteiger partial charge in [-0.05, 0) is 58.9 Å². The summed E-state index contributed by atoms with van der Waals surface area (Å²) < 4.78 is 1.04. The number of aryl methyl sites for hydroxylation is 2. The number of thiazole rings is 1. The van der Waals surface area contributed by atoms with Crippen molar-refractivity contribution in [3.05, 3.63) is 40.4 Å². The van der Waals surface area contributed by atoms with Crippen LogP contribution >= 0.6 is 23.1 Å². The van der Waals surface area contributed by atoms with Crippen molar-refractivity contribution in [3.63, 3.8) is 0 Å². The van der Waals surface area contributed by atoms with Crippen LogP contribution in [-0.4, -0.2) is 16.4 Å². The molecule has 1 aromatic carbocycles. The molecule has 0 aliphatic rings. The number of hydrogen-bond donors (Lipinski definition) is 1. The first-order valence-electron chi connectivity index (χ1n) is 6.79. The Bertz CT molecular complexity index is 620. The van der Waals surface area contributed by atoms with Crippen LogP contribution in [0.2, 0.25) is 0 Å². The molecule has 0 spiro atoms. The molecule has 0 bridgehead atoms. The lowest BCUT2D eigenvalue weighted by atomic mass is 10.1. The van der Waals surface area contributed by atoms with Crippen molar-refractivity contribution in [2.24, 2.45) is 0 Å². The Labute approximate surface area is 134 Å². The topological polar surface area (TPSA) is 42.0 Å². The van der Waals surface area contributed by atoms with Crippen molar-refractivity contribution < 1.29 is 4.79 Å². The lowest BCUT2D eigenvalue weighted by Crippen LogP contribution is -2.40. The third-order valence-electron chi connectivity index (χ3n) is 2.82. The van der Waals surface area contributed by atoms with Gasteiger partial charge in [-0.15, -0.1) is 11.3 Å². The van der Waals surface area contributed by atoms with Gasteiger partial charge in [-0.25, -0.2) is 4.98 Å². The molecule has 5 heteroatoms. The van der Waals surface area contributed by atoms with Crippen molar-refractivity contribution in [1.82, 2.24) is 10.3 Å². The number of rotatable bonds is 3. The van der Waals surface area contributed by atoms with Gasteiger partial charge >= 0.3 is 0 Å². The quantitative estimate of drug-likeness (QED) is 0.909. The van der Waals surface area contributed by atoms with Crippen LogP contribution in [0, 0.1) is 13.8 Å². The zero-order valence-electron chi connectivity index (χ0n) is 13.0. The van der Waals surface area contributed by atoms with E-state index in [1.807, 2.05) is 52.0 Å². The lowest BCUT2D eigenvalue weighted by molar-refractivity contribution is 0.0919. The van der Waals surface area contributed by atoms with Gasteiger partial charge < -0.3 is 5.32 Å². The summed E-state index contributed by atoms with van der Waals surface area (Å²) in [4.78, 5) is 18.9. The van der Waals surface area contributed by atoms with E-state index in [2.05, 4.69) is 17.2 Å². The second-order valence-corrected chi connectivity index (χ2v) is 8.48. The number of amides is 1. The number of benzene rings is 1. The number of nitrogens with one attached hydrogen (secondary N) is 1. The number of carbonyl (C=O) groups is 1. The first-order chi connectivity index (χ1) is 9.74. The summed E-state index contributed by atoms with van der Waals surface area (Å²) in [7, 11) is 0. The minimum absolute atomic E-state index is 0.0417. The molecule has 3 nitrogen and oxygen atoms in total. The largest absolute Gasteiger partial charge is 0.347 e. The summed E-state index contributed by atoms with van der Waals surface area (Å²) in [5, 5.41) is 2.96. The highest BCUT2D eigenvalue weighted by molar-refractivity contribution is 8.01. The number of aromatic nitrogens is 1. The highest BCUT2D eigenvalue weighted by Crippen LogP contribution is 2.32. The molecule has 1 N–H and O–H groups in total. The van der Waals surface area contributed by atoms with Gasteiger partial charge in [0.15, 0.2) is 4.34 Å². The minimum Gasteiger partial charge on any atom is -0.347 e. The third kappa shape index (κ3) is 4.58. The molecule has 1 amide bonds. The molecule has 0 unspecified atom stereocenters. The Kier molecular flexibility index (Phi) is 4.74. The number of hydrogen-bond acceptors (Lipinski definition) is 4. The molecule has 0 saturated heterocycles. The van der Waals surface area contributed by atoms with Gasteiger partial charge in [0.2, 0.25) is 0 Å². The van der Waals surface area contributed by atoms with E-state index in [1.54, 1.807) is 23.1 Å². The Balaban J connectivity index is 2.07. The predicted molar refractivity (Wildman–Crippen MR) is 89.4 cm³/mol. The standard InChI is InChI=1S/C16H20N2OS2/c1-10-11(2)20-15(17-10)21-13-8-6-12(7-9-13)14(19)18-16(3,4)5/h6-9H,1-5H3,(H,18,19). The van der Waals surface area contributed by atoms with Crippen LogP contribution in [0.3, 0.4) is 0 Å². The predicted octanol–water partition coefficient (Wildman–Crippen LogP) is 4.44. The van der Waals surface area contributed by atoms with Gasteiger partial charge in [0.05, 0.1) is 5.69 Å². The van der Waals surface area contributed by atoms with E-state index < -0.39 is 0 Å². The molecule has 1 heterocycles. The molecule has 2 rings (SSSR count). The minimum atomic E-state index is -0.222. The fraction of sp³-hybridized carbons (Fsp3) is 0.375. The lowest BCUT2D eigenvalue weighted by Gasteiger charge is -2.20. The highest BCUT2D eigenvalue weighted by atomic mass is 32.2. The van der Waals surface area contributed by atoms with Gasteiger partial charge in [0.25, 0.3) is 5.91 Å². The Morgan fingerprint density at radius 1 is 1.19 bits per heavy atom. The van der Waals surface area contributed by atoms with Crippen molar-refractivity contribution in [3.8, 4) is 0 Å². The Hall–Kier alpha value is -1.33. The van der Waals surface area contributed by atoms with E-state index in [9.17, 15) is 4.79 Å². The van der Waals surface area contributed by atoms with Gasteiger partial charge in [0.1, 0.15) is 0 Å². The maximum atomic E-state index is 12.0. The molecule has 0 aliphatic carbocycles. The Morgan fingerprint density at radius 3 is 2.29 bits per heavy atom. The van der Waals surface area contributed by atoms with E-state index in [0.717, 1.165) is 14.9 Å². The van der Waals surface area contributed by atoms with Gasteiger partial charge in [-0.2, -0.15) is 0 Å². The first-order valence-corrected chi connectivity index (χ1v) is 8.42. The summed E-state index contributed by atoms with van der Waals surface area (Å²) in [6.07, 6.45) is 0. The molecule has 112 valence electrons. The van der Waals surface area contributed by atoms with Crippen LogP contribution in [0.15, 0.2) is 33.5 Å². The molecule has 0 atom stereocenters. The second-order valence-electron chi connectivity index (χ2n) is 5.95. The molecule has 21 heavy (non-hydrogen) atoms. The monoisotopic (exact) mass is 320 g/mol. The van der Waals surface area contributed by atoms with E-state index in [-0.39, 0.29) is 11.4 Å². The van der Waals surface area contributed by atoms with Gasteiger partial charge in [-0.1, -0.05) is 11.8 Å². The smallest absolute Gasteiger partial charge is 0.251 e. The number of nitrogens with zero attached hydrogens (tertiary/aromatic N) is 1. The van der Waals surface area contributed by atoms with Crippen LogP contribution in [0.25, 0.3) is 0 Å². The maximum Gasteiger partial charge on any atom is 0.251 e. The summed E-state index contributed by atoms with van der Waals surface area (Å²) in [6, 6.07) is 7.65. The van der Waals surface area contributed by atoms with Gasteiger partial charge in [0, 0.05) is 20.9 Å². The van der Waals surface area contributed by atoms with Crippen LogP contribution in [0.4, 0.5) is 0 Å². The van der Waals surface area contributed by atoms with E-state index in [1.165, 1.54) is 4.88 Å². The normalized spacial score (nSPS) is 11.5. The molecule has 0 aliphatic heterocycles. The zero-order chi connectivity index (χ0) is 15.6. The summed E-state index contributed by atoms with van der Waals surface area (Å²) >= 11 is 3.33. The Morgan fingerprint density at radius 2 is 1.81 bits per heavy atom. The average molecular weight is 320 g/mol. The SMILES string of the molecule is Cc1nc(Sc2ccc(C(=O)NC(C)(C)C)cc2)sc1C. The fourth-order valence-electron chi connectivity index (χ4n) is 1.67. The van der Waals surface area contributed by atoms with Crippen molar-refractivity contribution >= 4 is 29.0 Å². The molecular weight excluding hydrogens is 300 g/mol. The first kappa shape index (κ1) is 16.0. The fourth-order valence-corrected chi connectivity index (χ4v) is 3.80. The van der Waals surface area contributed by atoms with Crippen LogP contribution in [-0.2, 0) is 0 Å². The maximum absolute atomic E-state index is 12.0. The third-order valence-corrected chi connectivity index (χ3v) is 4.96. The second kappa shape index (κ2) is 6.20. The molecular formula is C16H20N2OS2. The molecule has 1 aromatic heterocycles. The summed E-state index contributed by atoms with van der Waals surface area (Å²) in [6.45, 7) is 10.0. The highest BCUT2D eigenvalue weighted by Gasteiger charge is 2.15. The van der Waals surface area contributed by atoms with E-state index >= 15 is 0 Å². The van der Waals surface area contributed by atoms with Crippen LogP contribution in [0.5, 0.6) is 0 Å². The van der Waals surface area contributed by atoms with E-state index in [4.69, 9.17) is 0 Å². The number of carbonyl (C=O) groups excluding carboxylic acids is 1. The molecule has 0 radical (unpaired) electrons. The van der Waals surface area contributed by atoms with Gasteiger partial charge in [-0.3, -0.25) is 4.79 Å². The van der Waals surface area contributed by atoms with Crippen molar-refractivity contribution in [1.29, 1.82) is 0 Å². The van der Waals surface area contributed by atoms with Crippen molar-refractivity contribution in [2.45, 2.75) is 49.4 Å². The van der Waals surface area contributed by atoms with Crippen molar-refractivity contribution in [2.75, 3.05) is 0 Å². The molecule has 0 fully saturated rings. The summed E-state index contributed by atoms with van der Waals surface area (Å²) in [5.41, 5.74) is 1.55. The average Bonchev–Trinajstić information content (AvgIpc) is 2.67. The molecule has 0 saturated carbocycles.